The highest BCUT2D eigenvalue weighted by atomic mass is 14.9. The molecule has 13 heavy (non-hydrogen) atoms. The van der Waals surface area contributed by atoms with E-state index in [1.807, 2.05) is 6.07 Å². The van der Waals surface area contributed by atoms with Crippen molar-refractivity contribution in [3.05, 3.63) is 48.2 Å². The number of hydrogen-bond acceptors (Lipinski definition) is 0. The first-order valence-corrected chi connectivity index (χ1v) is 4.46. The summed E-state index contributed by atoms with van der Waals surface area (Å²) in [5, 5.41) is 0. The van der Waals surface area contributed by atoms with Crippen LogP contribution in [0.1, 0.15) is 5.56 Å². The number of aryl methyl sites for hydroxylation is 2. The molecular formula is C12H13N. The van der Waals surface area contributed by atoms with Gasteiger partial charge in [0, 0.05) is 13.2 Å². The summed E-state index contributed by atoms with van der Waals surface area (Å²) in [5.41, 5.74) is 3.92. The molecule has 0 atom stereocenters. The predicted molar refractivity (Wildman–Crippen MR) is 55.6 cm³/mol. The van der Waals surface area contributed by atoms with E-state index >= 15 is 0 Å². The maximum absolute atomic E-state index is 2.16. The SMILES string of the molecule is Cc1ccn(C)c1-c1ccccc1. The summed E-state index contributed by atoms with van der Waals surface area (Å²) in [4.78, 5) is 0. The zero-order chi connectivity index (χ0) is 9.26. The van der Waals surface area contributed by atoms with Gasteiger partial charge in [-0.1, -0.05) is 30.3 Å². The number of aromatic nitrogens is 1. The molecule has 0 N–H and O–H groups in total. The van der Waals surface area contributed by atoms with Crippen LogP contribution in [0.4, 0.5) is 0 Å². The Labute approximate surface area is 78.6 Å². The molecule has 2 aromatic rings. The van der Waals surface area contributed by atoms with Gasteiger partial charge in [0.05, 0.1) is 5.69 Å². The Morgan fingerprint density at radius 3 is 2.23 bits per heavy atom. The molecule has 0 spiro atoms. The maximum Gasteiger partial charge on any atom is 0.0507 e. The molecule has 1 aromatic heterocycles. The minimum Gasteiger partial charge on any atom is -0.350 e. The fraction of sp³-hybridized carbons (Fsp3) is 0.167. The quantitative estimate of drug-likeness (QED) is 0.621. The summed E-state index contributed by atoms with van der Waals surface area (Å²) >= 11 is 0. The molecule has 0 saturated carbocycles. The maximum atomic E-state index is 2.16. The van der Waals surface area contributed by atoms with Gasteiger partial charge >= 0.3 is 0 Å². The minimum atomic E-state index is 1.28. The van der Waals surface area contributed by atoms with Gasteiger partial charge in [0.1, 0.15) is 0 Å². The van der Waals surface area contributed by atoms with E-state index in [1.165, 1.54) is 16.8 Å². The molecule has 0 aliphatic heterocycles. The van der Waals surface area contributed by atoms with Crippen molar-refractivity contribution in [3.63, 3.8) is 0 Å². The van der Waals surface area contributed by atoms with Gasteiger partial charge in [0.25, 0.3) is 0 Å². The number of nitrogens with zero attached hydrogens (tertiary/aromatic N) is 1. The van der Waals surface area contributed by atoms with Crippen molar-refractivity contribution in [2.75, 3.05) is 0 Å². The molecule has 0 fully saturated rings. The average molecular weight is 171 g/mol. The minimum absolute atomic E-state index is 1.28. The van der Waals surface area contributed by atoms with E-state index in [-0.39, 0.29) is 0 Å². The number of benzene rings is 1. The van der Waals surface area contributed by atoms with Crippen LogP contribution >= 0.6 is 0 Å². The van der Waals surface area contributed by atoms with Crippen molar-refractivity contribution in [1.82, 2.24) is 4.57 Å². The largest absolute Gasteiger partial charge is 0.350 e. The monoisotopic (exact) mass is 171 g/mol. The van der Waals surface area contributed by atoms with Gasteiger partial charge in [-0.25, -0.2) is 0 Å². The Hall–Kier alpha value is -1.50. The van der Waals surface area contributed by atoms with E-state index in [0.29, 0.717) is 0 Å². The van der Waals surface area contributed by atoms with Crippen LogP contribution in [0.25, 0.3) is 11.3 Å². The van der Waals surface area contributed by atoms with Gasteiger partial charge in [-0.05, 0) is 24.1 Å². The topological polar surface area (TPSA) is 4.93 Å². The summed E-state index contributed by atoms with van der Waals surface area (Å²) in [6.45, 7) is 2.14. The lowest BCUT2D eigenvalue weighted by molar-refractivity contribution is 0.934. The van der Waals surface area contributed by atoms with Gasteiger partial charge in [0.15, 0.2) is 0 Å². The van der Waals surface area contributed by atoms with Crippen LogP contribution in [0.2, 0.25) is 0 Å². The fourth-order valence-corrected chi connectivity index (χ4v) is 1.68. The third-order valence-electron chi connectivity index (χ3n) is 2.32. The Bertz CT molecular complexity index is 379. The zero-order valence-electron chi connectivity index (χ0n) is 7.99. The smallest absolute Gasteiger partial charge is 0.0507 e. The second kappa shape index (κ2) is 3.09. The van der Waals surface area contributed by atoms with Gasteiger partial charge in [-0.15, -0.1) is 0 Å². The van der Waals surface area contributed by atoms with Gasteiger partial charge < -0.3 is 4.57 Å². The Morgan fingerprint density at radius 2 is 1.69 bits per heavy atom. The summed E-state index contributed by atoms with van der Waals surface area (Å²) < 4.78 is 2.16. The summed E-state index contributed by atoms with van der Waals surface area (Å²) in [6.07, 6.45) is 2.09. The Balaban J connectivity index is 2.59. The van der Waals surface area contributed by atoms with Crippen molar-refractivity contribution in [2.45, 2.75) is 6.92 Å². The summed E-state index contributed by atoms with van der Waals surface area (Å²) in [5.74, 6) is 0. The van der Waals surface area contributed by atoms with Gasteiger partial charge in [-0.2, -0.15) is 0 Å². The van der Waals surface area contributed by atoms with E-state index in [1.54, 1.807) is 0 Å². The summed E-state index contributed by atoms with van der Waals surface area (Å²) in [6, 6.07) is 12.6. The van der Waals surface area contributed by atoms with Crippen molar-refractivity contribution in [1.29, 1.82) is 0 Å². The molecule has 1 nitrogen and oxygen atoms in total. The van der Waals surface area contributed by atoms with Crippen LogP contribution in [-0.2, 0) is 7.05 Å². The van der Waals surface area contributed by atoms with Gasteiger partial charge in [0.2, 0.25) is 0 Å². The molecular weight excluding hydrogens is 158 g/mol. The van der Waals surface area contributed by atoms with Gasteiger partial charge in [-0.3, -0.25) is 0 Å². The lowest BCUT2D eigenvalue weighted by Crippen LogP contribution is -1.90. The molecule has 0 amide bonds. The molecule has 1 heteroatoms. The predicted octanol–water partition coefficient (Wildman–Crippen LogP) is 3.00. The van der Waals surface area contributed by atoms with Crippen molar-refractivity contribution in [3.8, 4) is 11.3 Å². The second-order valence-electron chi connectivity index (χ2n) is 3.32. The first-order valence-electron chi connectivity index (χ1n) is 4.46. The van der Waals surface area contributed by atoms with Crippen LogP contribution < -0.4 is 0 Å². The third kappa shape index (κ3) is 1.37. The van der Waals surface area contributed by atoms with E-state index in [2.05, 4.69) is 55.1 Å². The van der Waals surface area contributed by atoms with Crippen LogP contribution in [0.3, 0.4) is 0 Å². The van der Waals surface area contributed by atoms with E-state index in [4.69, 9.17) is 0 Å². The zero-order valence-corrected chi connectivity index (χ0v) is 7.99. The molecule has 0 radical (unpaired) electrons. The highest BCUT2D eigenvalue weighted by Crippen LogP contribution is 2.22. The standard InChI is InChI=1S/C12H13N/c1-10-8-9-13(2)12(10)11-6-4-3-5-7-11/h3-9H,1-2H3. The highest BCUT2D eigenvalue weighted by Gasteiger charge is 2.03. The molecule has 0 unspecified atom stereocenters. The molecule has 1 heterocycles. The lowest BCUT2D eigenvalue weighted by Gasteiger charge is -2.04. The lowest BCUT2D eigenvalue weighted by atomic mass is 10.1. The highest BCUT2D eigenvalue weighted by molar-refractivity contribution is 5.63. The fourth-order valence-electron chi connectivity index (χ4n) is 1.68. The average Bonchev–Trinajstić information content (AvgIpc) is 2.48. The molecule has 0 aliphatic carbocycles. The van der Waals surface area contributed by atoms with E-state index in [9.17, 15) is 0 Å². The van der Waals surface area contributed by atoms with Crippen molar-refractivity contribution >= 4 is 0 Å². The van der Waals surface area contributed by atoms with Crippen molar-refractivity contribution < 1.29 is 0 Å². The summed E-state index contributed by atoms with van der Waals surface area (Å²) in [7, 11) is 2.08. The molecule has 1 aromatic carbocycles. The first-order chi connectivity index (χ1) is 6.29. The van der Waals surface area contributed by atoms with E-state index in [0.717, 1.165) is 0 Å². The normalized spacial score (nSPS) is 10.3. The Morgan fingerprint density at radius 1 is 1.00 bits per heavy atom. The number of hydrogen-bond donors (Lipinski definition) is 0. The third-order valence-corrected chi connectivity index (χ3v) is 2.32. The molecule has 0 bridgehead atoms. The number of rotatable bonds is 1. The second-order valence-corrected chi connectivity index (χ2v) is 3.32. The Kier molecular flexibility index (Phi) is 1.93. The van der Waals surface area contributed by atoms with Crippen LogP contribution in [0.15, 0.2) is 42.6 Å². The molecule has 66 valence electrons. The van der Waals surface area contributed by atoms with Crippen LogP contribution in [0.5, 0.6) is 0 Å². The molecule has 2 rings (SSSR count). The molecule has 0 saturated heterocycles. The molecule has 0 aliphatic rings. The van der Waals surface area contributed by atoms with Crippen LogP contribution in [-0.4, -0.2) is 4.57 Å². The van der Waals surface area contributed by atoms with E-state index < -0.39 is 0 Å². The van der Waals surface area contributed by atoms with Crippen molar-refractivity contribution in [2.24, 2.45) is 7.05 Å². The van der Waals surface area contributed by atoms with Crippen LogP contribution in [0, 0.1) is 6.92 Å². The first kappa shape index (κ1) is 8.11.